The van der Waals surface area contributed by atoms with Gasteiger partial charge in [0.1, 0.15) is 11.6 Å². The molecule has 2 nitrogen and oxygen atoms in total. The van der Waals surface area contributed by atoms with E-state index in [-0.39, 0.29) is 5.56 Å². The van der Waals surface area contributed by atoms with Crippen molar-refractivity contribution < 1.29 is 27.4 Å². The van der Waals surface area contributed by atoms with E-state index in [2.05, 4.69) is 0 Å². The lowest BCUT2D eigenvalue weighted by atomic mass is 9.91. The maximum absolute atomic E-state index is 13.5. The smallest absolute Gasteiger partial charge is 0.425 e. The fraction of sp³-hybridized carbons (Fsp3) is 0.176. The van der Waals surface area contributed by atoms with Crippen LogP contribution >= 0.6 is 0 Å². The zero-order valence-electron chi connectivity index (χ0n) is 12.1. The zero-order chi connectivity index (χ0) is 17.1. The fourth-order valence-corrected chi connectivity index (χ4v) is 2.02. The monoisotopic (exact) mass is 326 g/mol. The molecule has 0 amide bonds. The van der Waals surface area contributed by atoms with Gasteiger partial charge in [-0.3, -0.25) is 0 Å². The number of benzene rings is 2. The van der Waals surface area contributed by atoms with Crippen LogP contribution in [-0.4, -0.2) is 18.4 Å². The summed E-state index contributed by atoms with van der Waals surface area (Å²) in [6, 6.07) is 10.2. The van der Waals surface area contributed by atoms with Gasteiger partial charge < -0.3 is 9.84 Å². The highest BCUT2D eigenvalue weighted by molar-refractivity contribution is 5.53. The van der Waals surface area contributed by atoms with Crippen LogP contribution in [0.25, 0.3) is 6.08 Å². The Balaban J connectivity index is 2.45. The van der Waals surface area contributed by atoms with E-state index in [0.717, 1.165) is 24.3 Å². The Morgan fingerprint density at radius 3 is 2.13 bits per heavy atom. The van der Waals surface area contributed by atoms with Crippen molar-refractivity contribution in [3.63, 3.8) is 0 Å². The number of halogens is 4. The third-order valence-corrected chi connectivity index (χ3v) is 3.37. The summed E-state index contributed by atoms with van der Waals surface area (Å²) in [5.74, 6) is -0.320. The van der Waals surface area contributed by atoms with E-state index in [9.17, 15) is 22.7 Å². The van der Waals surface area contributed by atoms with E-state index >= 15 is 0 Å². The highest BCUT2D eigenvalue weighted by Crippen LogP contribution is 2.41. The molecule has 1 N–H and O–H groups in total. The molecular formula is C17H14F4O2. The highest BCUT2D eigenvalue weighted by Gasteiger charge is 2.53. The topological polar surface area (TPSA) is 29.5 Å². The van der Waals surface area contributed by atoms with Crippen LogP contribution in [0.5, 0.6) is 5.75 Å². The first kappa shape index (κ1) is 17.0. The average Bonchev–Trinajstić information content (AvgIpc) is 2.53. The van der Waals surface area contributed by atoms with Gasteiger partial charge in [-0.1, -0.05) is 36.4 Å². The van der Waals surface area contributed by atoms with Gasteiger partial charge in [-0.05, 0) is 29.8 Å². The normalized spacial score (nSPS) is 14.7. The lowest BCUT2D eigenvalue weighted by Crippen LogP contribution is -2.40. The number of methoxy groups -OCH3 is 1. The Morgan fingerprint density at radius 2 is 1.61 bits per heavy atom. The van der Waals surface area contributed by atoms with Crippen LogP contribution in [0.1, 0.15) is 11.1 Å². The molecular weight excluding hydrogens is 312 g/mol. The molecule has 2 aromatic carbocycles. The third-order valence-electron chi connectivity index (χ3n) is 3.37. The SMILES string of the molecule is COc1ccc(C(O)(C=Cc2ccccc2F)C(F)(F)F)cc1. The Hall–Kier alpha value is -2.34. The second kappa shape index (κ2) is 6.42. The Kier molecular flexibility index (Phi) is 4.75. The van der Waals surface area contributed by atoms with Crippen LogP contribution in [0.4, 0.5) is 17.6 Å². The largest absolute Gasteiger partial charge is 0.497 e. The molecule has 0 radical (unpaired) electrons. The van der Waals surface area contributed by atoms with E-state index in [1.165, 1.54) is 37.4 Å². The van der Waals surface area contributed by atoms with Crippen molar-refractivity contribution in [2.75, 3.05) is 7.11 Å². The highest BCUT2D eigenvalue weighted by atomic mass is 19.4. The van der Waals surface area contributed by atoms with Crippen molar-refractivity contribution in [3.05, 3.63) is 71.6 Å². The molecule has 0 fully saturated rings. The molecule has 0 saturated carbocycles. The molecule has 0 spiro atoms. The van der Waals surface area contributed by atoms with Crippen molar-refractivity contribution >= 4 is 6.08 Å². The molecule has 0 aliphatic rings. The van der Waals surface area contributed by atoms with Gasteiger partial charge in [0.25, 0.3) is 0 Å². The standard InChI is InChI=1S/C17H14F4O2/c1-23-14-8-6-13(7-9-14)16(22,17(19,20)21)11-10-12-4-2-3-5-15(12)18/h2-11,22H,1H3. The zero-order valence-corrected chi connectivity index (χ0v) is 12.1. The molecule has 2 rings (SSSR count). The molecule has 23 heavy (non-hydrogen) atoms. The summed E-state index contributed by atoms with van der Waals surface area (Å²) < 4.78 is 58.5. The van der Waals surface area contributed by atoms with Gasteiger partial charge in [-0.15, -0.1) is 0 Å². The van der Waals surface area contributed by atoms with Crippen LogP contribution in [0, 0.1) is 5.82 Å². The number of ether oxygens (including phenoxy) is 1. The van der Waals surface area contributed by atoms with Gasteiger partial charge in [-0.2, -0.15) is 13.2 Å². The predicted octanol–water partition coefficient (Wildman–Crippen LogP) is 4.30. The van der Waals surface area contributed by atoms with E-state index in [1.807, 2.05) is 0 Å². The number of hydrogen-bond donors (Lipinski definition) is 1. The summed E-state index contributed by atoms with van der Waals surface area (Å²) in [6.07, 6.45) is -3.52. The molecule has 0 aromatic heterocycles. The van der Waals surface area contributed by atoms with Crippen LogP contribution in [0.2, 0.25) is 0 Å². The average molecular weight is 326 g/mol. The van der Waals surface area contributed by atoms with Crippen LogP contribution in [-0.2, 0) is 5.60 Å². The summed E-state index contributed by atoms with van der Waals surface area (Å²) >= 11 is 0. The van der Waals surface area contributed by atoms with Gasteiger partial charge in [0.15, 0.2) is 0 Å². The fourth-order valence-electron chi connectivity index (χ4n) is 2.02. The molecule has 2 aromatic rings. The number of aliphatic hydroxyl groups is 1. The van der Waals surface area contributed by atoms with Crippen molar-refractivity contribution in [1.29, 1.82) is 0 Å². The maximum Gasteiger partial charge on any atom is 0.425 e. The molecule has 0 aliphatic carbocycles. The molecule has 0 heterocycles. The first-order valence-corrected chi connectivity index (χ1v) is 6.65. The van der Waals surface area contributed by atoms with Crippen molar-refractivity contribution in [1.82, 2.24) is 0 Å². The summed E-state index contributed by atoms with van der Waals surface area (Å²) in [4.78, 5) is 0. The lowest BCUT2D eigenvalue weighted by molar-refractivity contribution is -0.244. The summed E-state index contributed by atoms with van der Waals surface area (Å²) in [5.41, 5.74) is -3.68. The molecule has 1 atom stereocenters. The number of hydrogen-bond acceptors (Lipinski definition) is 2. The van der Waals surface area contributed by atoms with E-state index in [1.54, 1.807) is 0 Å². The predicted molar refractivity (Wildman–Crippen MR) is 78.4 cm³/mol. The van der Waals surface area contributed by atoms with Crippen LogP contribution < -0.4 is 4.74 Å². The van der Waals surface area contributed by atoms with E-state index in [0.29, 0.717) is 11.8 Å². The molecule has 1 unspecified atom stereocenters. The van der Waals surface area contributed by atoms with Crippen molar-refractivity contribution in [2.24, 2.45) is 0 Å². The maximum atomic E-state index is 13.5. The Labute approximate surface area is 130 Å². The summed E-state index contributed by atoms with van der Waals surface area (Å²) in [6.45, 7) is 0. The Bertz CT molecular complexity index is 692. The molecule has 0 saturated heterocycles. The van der Waals surface area contributed by atoms with Crippen LogP contribution in [0.3, 0.4) is 0 Å². The van der Waals surface area contributed by atoms with Crippen LogP contribution in [0.15, 0.2) is 54.6 Å². The lowest BCUT2D eigenvalue weighted by Gasteiger charge is -2.28. The molecule has 122 valence electrons. The van der Waals surface area contributed by atoms with Crippen molar-refractivity contribution in [3.8, 4) is 5.75 Å². The van der Waals surface area contributed by atoms with Crippen molar-refractivity contribution in [2.45, 2.75) is 11.8 Å². The molecule has 6 heteroatoms. The van der Waals surface area contributed by atoms with Gasteiger partial charge >= 0.3 is 6.18 Å². The van der Waals surface area contributed by atoms with E-state index in [4.69, 9.17) is 4.74 Å². The van der Waals surface area contributed by atoms with Gasteiger partial charge in [0, 0.05) is 5.56 Å². The first-order valence-electron chi connectivity index (χ1n) is 6.65. The second-order valence-corrected chi connectivity index (χ2v) is 4.85. The quantitative estimate of drug-likeness (QED) is 0.849. The van der Waals surface area contributed by atoms with Gasteiger partial charge in [0.2, 0.25) is 5.60 Å². The van der Waals surface area contributed by atoms with Gasteiger partial charge in [-0.25, -0.2) is 4.39 Å². The second-order valence-electron chi connectivity index (χ2n) is 4.85. The van der Waals surface area contributed by atoms with E-state index < -0.39 is 23.2 Å². The minimum atomic E-state index is -4.97. The first-order chi connectivity index (χ1) is 10.8. The molecule has 0 aliphatic heterocycles. The summed E-state index contributed by atoms with van der Waals surface area (Å²) in [5, 5.41) is 10.2. The summed E-state index contributed by atoms with van der Waals surface area (Å²) in [7, 11) is 1.38. The van der Waals surface area contributed by atoms with Gasteiger partial charge in [0.05, 0.1) is 7.11 Å². The minimum Gasteiger partial charge on any atom is -0.497 e. The third kappa shape index (κ3) is 3.53. The number of alkyl halides is 3. The Morgan fingerprint density at radius 1 is 1.00 bits per heavy atom. The molecule has 0 bridgehead atoms. The minimum absolute atomic E-state index is 0.0521. The number of rotatable bonds is 4.